The van der Waals surface area contributed by atoms with Crippen LogP contribution in [0.3, 0.4) is 0 Å². The second-order valence-corrected chi connectivity index (χ2v) is 3.20. The molecule has 0 aliphatic heterocycles. The maximum absolute atomic E-state index is 9.49. The van der Waals surface area contributed by atoms with Crippen LogP contribution in [0.1, 0.15) is 20.8 Å². The molecule has 0 atom stereocenters. The van der Waals surface area contributed by atoms with Crippen molar-refractivity contribution >= 4 is 52.6 Å². The van der Waals surface area contributed by atoms with Crippen LogP contribution in [0.25, 0.3) is 0 Å². The van der Waals surface area contributed by atoms with Crippen LogP contribution in [0.15, 0.2) is 36.5 Å². The fraction of sp³-hybridized carbons (Fsp3) is 0.250. The smallest absolute Gasteiger partial charge is 0.870 e. The molecule has 23 heavy (non-hydrogen) atoms. The maximum Gasteiger partial charge on any atom is 3.00 e. The average molecular weight is 360 g/mol. The van der Waals surface area contributed by atoms with E-state index in [1.54, 1.807) is 0 Å². The van der Waals surface area contributed by atoms with Crippen molar-refractivity contribution < 1.29 is 46.1 Å². The van der Waals surface area contributed by atoms with E-state index in [-0.39, 0.29) is 67.9 Å². The first kappa shape index (κ1) is 49.6. The van der Waals surface area contributed by atoms with Crippen LogP contribution in [0.2, 0.25) is 0 Å². The fourth-order valence-corrected chi connectivity index (χ4v) is 0. The van der Waals surface area contributed by atoms with Gasteiger partial charge in [0.2, 0.25) is 0 Å². The van der Waals surface area contributed by atoms with Gasteiger partial charge in [-0.3, -0.25) is 0 Å². The van der Waals surface area contributed by atoms with Gasteiger partial charge < -0.3 is 46.1 Å². The normalized spacial score (nSPS) is 5.87. The molecule has 11 heteroatoms. The maximum atomic E-state index is 9.49. The number of hydrogen-bond acceptors (Lipinski definition) is 9. The summed E-state index contributed by atoms with van der Waals surface area (Å²) in [6, 6.07) is 0. The van der Waals surface area contributed by atoms with Gasteiger partial charge in [0.25, 0.3) is 0 Å². The number of aliphatic carboxylic acids is 3. The van der Waals surface area contributed by atoms with Gasteiger partial charge in [0, 0.05) is 0 Å². The Morgan fingerprint density at radius 2 is 0.609 bits per heavy atom. The van der Waals surface area contributed by atoms with Crippen molar-refractivity contribution in [2.45, 2.75) is 20.8 Å². The van der Waals surface area contributed by atoms with Crippen molar-refractivity contribution in [3.63, 3.8) is 0 Å². The Kier molecular flexibility index (Phi) is 61.8. The van der Waals surface area contributed by atoms with E-state index in [2.05, 4.69) is 19.7 Å². The Morgan fingerprint density at radius 3 is 0.609 bits per heavy atom. The summed E-state index contributed by atoms with van der Waals surface area (Å²) in [6.07, 6.45) is 0. The molecule has 0 saturated carbocycles. The van der Waals surface area contributed by atoms with E-state index in [1.807, 2.05) is 0 Å². The average Bonchev–Trinajstić information content (AvgIpc) is 2.18. The first-order valence-corrected chi connectivity index (χ1v) is 4.54. The molecule has 126 valence electrons. The second-order valence-electron chi connectivity index (χ2n) is 3.20. The number of carboxylic acid groups (broad SMARTS) is 3. The molecule has 0 rings (SSSR count). The van der Waals surface area contributed by atoms with Crippen LogP contribution in [0.4, 0.5) is 0 Å². The second kappa shape index (κ2) is 28.7. The van der Waals surface area contributed by atoms with E-state index < -0.39 is 17.9 Å². The van der Waals surface area contributed by atoms with Crippen LogP contribution in [0, 0.1) is 0 Å². The van der Waals surface area contributed by atoms with Gasteiger partial charge in [-0.05, 0) is 37.5 Å². The third kappa shape index (κ3) is 63.5. The Hall–Kier alpha value is -1.43. The van der Waals surface area contributed by atoms with Crippen molar-refractivity contribution in [2.75, 3.05) is 0 Å². The predicted octanol–water partition coefficient (Wildman–Crippen LogP) is -3.35. The zero-order valence-electron chi connectivity index (χ0n) is 13.1. The standard InChI is InChI=1S/3C4H6O2.2Al.3H2O/c3*1-3(2)4(5)6;;;;;/h3*1H2,2H3,(H,5,6);;;3*1H2/q;;;2*+3;;;/p-6. The summed E-state index contributed by atoms with van der Waals surface area (Å²) in [5.41, 5.74) is 0.194. The predicted molar refractivity (Wildman–Crippen MR) is 76.8 cm³/mol. The molecule has 3 N–H and O–H groups in total. The number of rotatable bonds is 3. The van der Waals surface area contributed by atoms with Crippen molar-refractivity contribution in [1.29, 1.82) is 0 Å². The van der Waals surface area contributed by atoms with E-state index in [0.717, 1.165) is 0 Å². The zero-order chi connectivity index (χ0) is 15.5. The van der Waals surface area contributed by atoms with E-state index >= 15 is 0 Å². The molecule has 0 amide bonds. The topological polar surface area (TPSA) is 210 Å². The van der Waals surface area contributed by atoms with E-state index in [0.29, 0.717) is 0 Å². The van der Waals surface area contributed by atoms with E-state index in [4.69, 9.17) is 0 Å². The number of carbonyl (C=O) groups excluding carboxylic acids is 3. The summed E-state index contributed by atoms with van der Waals surface area (Å²) in [4.78, 5) is 28.5. The minimum absolute atomic E-state index is 0. The SMILES string of the molecule is C=C(C)C(=O)[O-].C=C(C)C(=O)[O-].C=C(C)C(=O)[O-].[Al+3].[Al+3].[OH-].[OH-].[OH-]. The van der Waals surface area contributed by atoms with Crippen LogP contribution in [0.5, 0.6) is 0 Å². The minimum Gasteiger partial charge on any atom is -0.870 e. The van der Waals surface area contributed by atoms with Crippen LogP contribution < -0.4 is 15.3 Å². The van der Waals surface area contributed by atoms with Gasteiger partial charge in [-0.1, -0.05) is 19.7 Å². The molecule has 0 aromatic heterocycles. The summed E-state index contributed by atoms with van der Waals surface area (Å²) in [5, 5.41) is 28.5. The Bertz CT molecular complexity index is 286. The van der Waals surface area contributed by atoms with E-state index in [1.165, 1.54) is 20.8 Å². The van der Waals surface area contributed by atoms with Gasteiger partial charge in [-0.2, -0.15) is 0 Å². The summed E-state index contributed by atoms with van der Waals surface area (Å²) in [5.74, 6) is -3.56. The molecule has 0 radical (unpaired) electrons. The molecule has 0 aromatic rings. The molecule has 0 aliphatic carbocycles. The zero-order valence-corrected chi connectivity index (χ0v) is 15.4. The molecular weight excluding hydrogens is 342 g/mol. The summed E-state index contributed by atoms with van der Waals surface area (Å²) in [6.45, 7) is 13.4. The van der Waals surface area contributed by atoms with E-state index in [9.17, 15) is 29.7 Å². The van der Waals surface area contributed by atoms with Gasteiger partial charge in [0.1, 0.15) is 0 Å². The van der Waals surface area contributed by atoms with Crippen molar-refractivity contribution in [3.8, 4) is 0 Å². The Labute approximate surface area is 156 Å². The molecule has 0 unspecified atom stereocenters. The fourth-order valence-electron chi connectivity index (χ4n) is 0. The van der Waals surface area contributed by atoms with Crippen LogP contribution in [-0.2, 0) is 14.4 Å². The van der Waals surface area contributed by atoms with Crippen molar-refractivity contribution in [3.05, 3.63) is 36.5 Å². The molecule has 0 heterocycles. The van der Waals surface area contributed by atoms with Gasteiger partial charge in [0.05, 0.1) is 17.9 Å². The Morgan fingerprint density at radius 1 is 0.565 bits per heavy atom. The minimum atomic E-state index is -1.19. The molecule has 9 nitrogen and oxygen atoms in total. The third-order valence-corrected chi connectivity index (χ3v) is 1.05. The molecule has 0 spiro atoms. The summed E-state index contributed by atoms with van der Waals surface area (Å²) >= 11 is 0. The molecule has 0 aromatic carbocycles. The van der Waals surface area contributed by atoms with Gasteiger partial charge in [0.15, 0.2) is 0 Å². The quantitative estimate of drug-likeness (QED) is 0.362. The van der Waals surface area contributed by atoms with Crippen molar-refractivity contribution in [2.24, 2.45) is 0 Å². The Balaban J connectivity index is -0.0000000221. The van der Waals surface area contributed by atoms with Crippen LogP contribution >= 0.6 is 0 Å². The van der Waals surface area contributed by atoms with Crippen molar-refractivity contribution in [1.82, 2.24) is 0 Å². The number of hydrogen-bond donors (Lipinski definition) is 0. The van der Waals surface area contributed by atoms with Gasteiger partial charge in [-0.15, -0.1) is 0 Å². The first-order chi connectivity index (χ1) is 7.93. The number of carbonyl (C=O) groups is 3. The molecular formula is C12H18Al2O9. The van der Waals surface area contributed by atoms with Gasteiger partial charge >= 0.3 is 34.7 Å². The van der Waals surface area contributed by atoms with Crippen LogP contribution in [-0.4, -0.2) is 69.1 Å². The largest absolute Gasteiger partial charge is 3.00 e. The molecule has 0 saturated heterocycles. The monoisotopic (exact) mass is 360 g/mol. The summed E-state index contributed by atoms with van der Waals surface area (Å²) < 4.78 is 0. The van der Waals surface area contributed by atoms with Gasteiger partial charge in [-0.25, -0.2) is 0 Å². The molecule has 0 aliphatic rings. The molecule has 0 fully saturated rings. The number of carboxylic acids is 3. The summed E-state index contributed by atoms with van der Waals surface area (Å²) in [7, 11) is 0. The molecule has 0 bridgehead atoms. The third-order valence-electron chi connectivity index (χ3n) is 1.05. The first-order valence-electron chi connectivity index (χ1n) is 4.54.